The maximum Gasteiger partial charge on any atom is 0.338 e. The molecule has 0 fully saturated rings. The van der Waals surface area contributed by atoms with Gasteiger partial charge in [-0.15, -0.1) is 11.3 Å². The molecule has 1 amide bonds. The minimum atomic E-state index is -0.843. The van der Waals surface area contributed by atoms with Gasteiger partial charge in [0.15, 0.2) is 6.61 Å². The van der Waals surface area contributed by atoms with Gasteiger partial charge in [0.2, 0.25) is 0 Å². The van der Waals surface area contributed by atoms with Gasteiger partial charge in [0.25, 0.3) is 11.6 Å². The smallest absolute Gasteiger partial charge is 0.338 e. The molecule has 1 aromatic heterocycles. The van der Waals surface area contributed by atoms with Crippen molar-refractivity contribution in [2.24, 2.45) is 0 Å². The fraction of sp³-hybridized carbons (Fsp3) is 0.167. The molecule has 0 aliphatic carbocycles. The number of nitrogens with two attached hydrogens (primary N) is 1. The number of hydrogen-bond acceptors (Lipinski definition) is 8. The molecular formula is C18H16N4O5S. The first-order valence-electron chi connectivity index (χ1n) is 8.14. The number of rotatable bonds is 6. The second-order valence-electron chi connectivity index (χ2n) is 5.93. The third kappa shape index (κ3) is 4.23. The third-order valence-electron chi connectivity index (χ3n) is 3.93. The lowest BCUT2D eigenvalue weighted by molar-refractivity contribution is -0.383. The number of nitro benzene ring substituents is 1. The Morgan fingerprint density at radius 2 is 2.04 bits per heavy atom. The average Bonchev–Trinajstić information content (AvgIpc) is 3.08. The number of para-hydroxylation sites is 1. The Morgan fingerprint density at radius 3 is 2.75 bits per heavy atom. The molecule has 144 valence electrons. The van der Waals surface area contributed by atoms with Crippen LogP contribution in [0.5, 0.6) is 0 Å². The van der Waals surface area contributed by atoms with Gasteiger partial charge in [0.1, 0.15) is 10.7 Å². The second-order valence-corrected chi connectivity index (χ2v) is 7.05. The van der Waals surface area contributed by atoms with Crippen molar-refractivity contribution < 1.29 is 19.2 Å². The van der Waals surface area contributed by atoms with Gasteiger partial charge in [-0.1, -0.05) is 12.1 Å². The highest BCUT2D eigenvalue weighted by Crippen LogP contribution is 2.23. The highest BCUT2D eigenvalue weighted by atomic mass is 32.1. The number of anilines is 1. The van der Waals surface area contributed by atoms with Gasteiger partial charge < -0.3 is 15.4 Å². The molecule has 0 aliphatic rings. The average molecular weight is 400 g/mol. The van der Waals surface area contributed by atoms with Crippen molar-refractivity contribution in [3.05, 3.63) is 63.1 Å². The third-order valence-corrected chi connectivity index (χ3v) is 4.95. The van der Waals surface area contributed by atoms with E-state index in [9.17, 15) is 19.7 Å². The van der Waals surface area contributed by atoms with Crippen molar-refractivity contribution >= 4 is 44.8 Å². The summed E-state index contributed by atoms with van der Waals surface area (Å²) < 4.78 is 5.99. The highest BCUT2D eigenvalue weighted by Gasteiger charge is 2.19. The molecule has 3 aromatic rings. The summed E-state index contributed by atoms with van der Waals surface area (Å²) in [5, 5.41) is 11.7. The first kappa shape index (κ1) is 19.2. The first-order valence-corrected chi connectivity index (χ1v) is 8.96. The Hall–Kier alpha value is -3.53. The van der Waals surface area contributed by atoms with E-state index in [0.29, 0.717) is 0 Å². The van der Waals surface area contributed by atoms with E-state index in [-0.39, 0.29) is 17.8 Å². The number of nitrogens with zero attached hydrogens (tertiary/aromatic N) is 3. The molecule has 2 aromatic carbocycles. The van der Waals surface area contributed by atoms with E-state index in [2.05, 4.69) is 4.98 Å². The summed E-state index contributed by atoms with van der Waals surface area (Å²) >= 11 is 1.48. The summed E-state index contributed by atoms with van der Waals surface area (Å²) in [7, 11) is 1.58. The minimum absolute atomic E-state index is 0.0532. The molecule has 28 heavy (non-hydrogen) atoms. The predicted molar refractivity (Wildman–Crippen MR) is 104 cm³/mol. The van der Waals surface area contributed by atoms with Crippen LogP contribution in [0.25, 0.3) is 10.2 Å². The highest BCUT2D eigenvalue weighted by molar-refractivity contribution is 7.18. The zero-order chi connectivity index (χ0) is 20.3. The molecule has 0 aliphatic heterocycles. The molecule has 3 rings (SSSR count). The Bertz CT molecular complexity index is 1030. The minimum Gasteiger partial charge on any atom is -0.452 e. The molecule has 0 saturated heterocycles. The van der Waals surface area contributed by atoms with E-state index in [1.54, 1.807) is 7.05 Å². The quantitative estimate of drug-likeness (QED) is 0.291. The number of fused-ring (bicyclic) bond motifs is 1. The topological polar surface area (TPSA) is 129 Å². The standard InChI is InChI=1S/C18H16N4O5S/c1-21(9-16-20-13-4-2-3-5-15(13)28-16)17(23)10-27-18(24)11-6-7-12(19)14(8-11)22(25)26/h2-8H,9-10,19H2,1H3. The Kier molecular flexibility index (Phi) is 5.50. The van der Waals surface area contributed by atoms with Gasteiger partial charge in [0, 0.05) is 13.1 Å². The lowest BCUT2D eigenvalue weighted by Gasteiger charge is -2.15. The van der Waals surface area contributed by atoms with Crippen molar-refractivity contribution in [3.8, 4) is 0 Å². The number of carbonyl (C=O) groups is 2. The number of nitro groups is 1. The van der Waals surface area contributed by atoms with E-state index >= 15 is 0 Å². The molecule has 0 atom stereocenters. The largest absolute Gasteiger partial charge is 0.452 e. The number of esters is 1. The Labute approximate surface area is 163 Å². The summed E-state index contributed by atoms with van der Waals surface area (Å²) in [6.45, 7) is -0.207. The first-order chi connectivity index (χ1) is 13.3. The molecule has 0 saturated carbocycles. The van der Waals surface area contributed by atoms with E-state index < -0.39 is 29.1 Å². The van der Waals surface area contributed by atoms with Crippen LogP contribution in [0.2, 0.25) is 0 Å². The van der Waals surface area contributed by atoms with E-state index in [1.165, 1.54) is 28.4 Å². The number of amides is 1. The zero-order valence-corrected chi connectivity index (χ0v) is 15.6. The van der Waals surface area contributed by atoms with Crippen LogP contribution in [-0.4, -0.2) is 40.3 Å². The van der Waals surface area contributed by atoms with Gasteiger partial charge in [-0.05, 0) is 24.3 Å². The Morgan fingerprint density at radius 1 is 1.29 bits per heavy atom. The van der Waals surface area contributed by atoms with Crippen LogP contribution >= 0.6 is 11.3 Å². The van der Waals surface area contributed by atoms with E-state index in [1.807, 2.05) is 24.3 Å². The number of thiazole rings is 1. The number of likely N-dealkylation sites (N-methyl/N-ethyl adjacent to an activating group) is 1. The summed E-state index contributed by atoms with van der Waals surface area (Å²) in [4.78, 5) is 40.4. The van der Waals surface area contributed by atoms with Crippen molar-refractivity contribution in [3.63, 3.8) is 0 Å². The predicted octanol–water partition coefficient (Wildman–Crippen LogP) is 2.60. The van der Waals surface area contributed by atoms with Crippen LogP contribution in [0.1, 0.15) is 15.4 Å². The SMILES string of the molecule is CN(Cc1nc2ccccc2s1)C(=O)COC(=O)c1ccc(N)c([N+](=O)[O-])c1. The molecule has 2 N–H and O–H groups in total. The van der Waals surface area contributed by atoms with E-state index in [4.69, 9.17) is 10.5 Å². The summed E-state index contributed by atoms with van der Waals surface area (Å²) in [5.74, 6) is -1.26. The van der Waals surface area contributed by atoms with Crippen LogP contribution in [0.4, 0.5) is 11.4 Å². The lowest BCUT2D eigenvalue weighted by atomic mass is 10.2. The molecule has 0 radical (unpaired) electrons. The Balaban J connectivity index is 1.59. The zero-order valence-electron chi connectivity index (χ0n) is 14.8. The van der Waals surface area contributed by atoms with Crippen LogP contribution in [-0.2, 0) is 16.1 Å². The fourth-order valence-corrected chi connectivity index (χ4v) is 3.45. The maximum atomic E-state index is 12.2. The van der Waals surface area contributed by atoms with Crippen molar-refractivity contribution in [1.29, 1.82) is 0 Å². The fourth-order valence-electron chi connectivity index (χ4n) is 2.43. The molecule has 0 bridgehead atoms. The van der Waals surface area contributed by atoms with Crippen molar-refractivity contribution in [2.75, 3.05) is 19.4 Å². The molecule has 1 heterocycles. The number of nitrogen functional groups attached to an aromatic ring is 1. The van der Waals surface area contributed by atoms with Gasteiger partial charge in [0.05, 0.1) is 27.2 Å². The summed E-state index contributed by atoms with van der Waals surface area (Å²) in [5.41, 5.74) is 5.85. The van der Waals surface area contributed by atoms with Crippen LogP contribution in [0, 0.1) is 10.1 Å². The normalized spacial score (nSPS) is 10.6. The number of aromatic nitrogens is 1. The number of benzene rings is 2. The lowest BCUT2D eigenvalue weighted by Crippen LogP contribution is -2.30. The summed E-state index contributed by atoms with van der Waals surface area (Å²) in [6, 6.07) is 11.2. The van der Waals surface area contributed by atoms with Crippen molar-refractivity contribution in [1.82, 2.24) is 9.88 Å². The number of hydrogen-bond donors (Lipinski definition) is 1. The van der Waals surface area contributed by atoms with Gasteiger partial charge in [-0.3, -0.25) is 14.9 Å². The molecule has 0 unspecified atom stereocenters. The molecule has 10 heteroatoms. The van der Waals surface area contributed by atoms with Crippen LogP contribution in [0.15, 0.2) is 42.5 Å². The molecule has 0 spiro atoms. The molecule has 9 nitrogen and oxygen atoms in total. The molecular weight excluding hydrogens is 384 g/mol. The van der Waals surface area contributed by atoms with Gasteiger partial charge in [-0.2, -0.15) is 0 Å². The monoisotopic (exact) mass is 400 g/mol. The maximum absolute atomic E-state index is 12.2. The van der Waals surface area contributed by atoms with Crippen LogP contribution < -0.4 is 5.73 Å². The summed E-state index contributed by atoms with van der Waals surface area (Å²) in [6.07, 6.45) is 0. The van der Waals surface area contributed by atoms with E-state index in [0.717, 1.165) is 21.3 Å². The van der Waals surface area contributed by atoms with Gasteiger partial charge >= 0.3 is 5.97 Å². The van der Waals surface area contributed by atoms with Crippen molar-refractivity contribution in [2.45, 2.75) is 6.54 Å². The van der Waals surface area contributed by atoms with Gasteiger partial charge in [-0.25, -0.2) is 9.78 Å². The number of ether oxygens (including phenoxy) is 1. The van der Waals surface area contributed by atoms with Crippen LogP contribution in [0.3, 0.4) is 0 Å². The number of carbonyl (C=O) groups excluding carboxylic acids is 2. The second kappa shape index (κ2) is 8.01.